The summed E-state index contributed by atoms with van der Waals surface area (Å²) in [4.78, 5) is 0. The van der Waals surface area contributed by atoms with Crippen LogP contribution in [0.4, 0.5) is 0 Å². The first-order valence-corrected chi connectivity index (χ1v) is 8.07. The normalized spacial score (nSPS) is 21.0. The molecule has 104 valence electrons. The van der Waals surface area contributed by atoms with E-state index in [1.807, 2.05) is 0 Å². The molecule has 1 aliphatic carbocycles. The van der Waals surface area contributed by atoms with Crippen molar-refractivity contribution in [3.63, 3.8) is 0 Å². The lowest BCUT2D eigenvalue weighted by Crippen LogP contribution is -2.27. The Kier molecular flexibility index (Phi) is 3.93. The smallest absolute Gasteiger partial charge is 0.00431 e. The Balaban J connectivity index is 1.87. The molecule has 3 rings (SSSR count). The predicted octanol–water partition coefficient (Wildman–Crippen LogP) is 4.23. The molecule has 1 N–H and O–H groups in total. The monoisotopic (exact) mass is 257 g/mol. The number of benzene rings is 1. The van der Waals surface area contributed by atoms with E-state index in [9.17, 15) is 0 Å². The molecular formula is C18H27N. The van der Waals surface area contributed by atoms with Crippen LogP contribution in [0, 0.1) is 5.92 Å². The molecule has 0 amide bonds. The molecule has 2 aliphatic rings. The Morgan fingerprint density at radius 1 is 1.11 bits per heavy atom. The van der Waals surface area contributed by atoms with Crippen LogP contribution < -0.4 is 5.32 Å². The molecule has 0 spiro atoms. The van der Waals surface area contributed by atoms with Gasteiger partial charge in [-0.25, -0.2) is 0 Å². The summed E-state index contributed by atoms with van der Waals surface area (Å²) in [5, 5.41) is 3.49. The zero-order valence-electron chi connectivity index (χ0n) is 12.4. The summed E-state index contributed by atoms with van der Waals surface area (Å²) in [6.45, 7) is 7.00. The fourth-order valence-electron chi connectivity index (χ4n) is 3.33. The van der Waals surface area contributed by atoms with E-state index in [1.54, 1.807) is 11.1 Å². The van der Waals surface area contributed by atoms with Gasteiger partial charge in [0.05, 0.1) is 0 Å². The molecule has 0 atom stereocenters. The van der Waals surface area contributed by atoms with Gasteiger partial charge in [0.1, 0.15) is 0 Å². The Hall–Kier alpha value is -0.820. The first-order chi connectivity index (χ1) is 9.24. The van der Waals surface area contributed by atoms with Gasteiger partial charge in [0.25, 0.3) is 0 Å². The Morgan fingerprint density at radius 3 is 2.47 bits per heavy atom. The van der Waals surface area contributed by atoms with Crippen molar-refractivity contribution in [2.75, 3.05) is 13.1 Å². The predicted molar refractivity (Wildman–Crippen MR) is 81.8 cm³/mol. The minimum Gasteiger partial charge on any atom is -0.317 e. The fraction of sp³-hybridized carbons (Fsp3) is 0.667. The van der Waals surface area contributed by atoms with E-state index in [1.165, 1.54) is 50.8 Å². The van der Waals surface area contributed by atoms with Gasteiger partial charge in [0.15, 0.2) is 0 Å². The Morgan fingerprint density at radius 2 is 1.84 bits per heavy atom. The third-order valence-electron chi connectivity index (χ3n) is 4.82. The largest absolute Gasteiger partial charge is 0.317 e. The van der Waals surface area contributed by atoms with Crippen LogP contribution in [0.25, 0.3) is 0 Å². The van der Waals surface area contributed by atoms with Gasteiger partial charge in [0.2, 0.25) is 0 Å². The molecule has 1 saturated carbocycles. The van der Waals surface area contributed by atoms with Crippen molar-refractivity contribution in [3.8, 4) is 0 Å². The summed E-state index contributed by atoms with van der Waals surface area (Å²) >= 11 is 0. The molecular weight excluding hydrogens is 230 g/mol. The van der Waals surface area contributed by atoms with Crippen molar-refractivity contribution in [2.24, 2.45) is 5.92 Å². The van der Waals surface area contributed by atoms with Crippen molar-refractivity contribution in [3.05, 3.63) is 34.9 Å². The van der Waals surface area contributed by atoms with Crippen molar-refractivity contribution < 1.29 is 0 Å². The molecule has 1 nitrogen and oxygen atoms in total. The maximum atomic E-state index is 3.49. The zero-order valence-corrected chi connectivity index (χ0v) is 12.4. The average molecular weight is 257 g/mol. The highest BCUT2D eigenvalue weighted by atomic mass is 14.9. The summed E-state index contributed by atoms with van der Waals surface area (Å²) in [7, 11) is 0. The lowest BCUT2D eigenvalue weighted by Gasteiger charge is -2.26. The summed E-state index contributed by atoms with van der Waals surface area (Å²) in [5.74, 6) is 2.44. The van der Waals surface area contributed by atoms with E-state index in [0.717, 1.165) is 11.8 Å². The molecule has 0 unspecified atom stereocenters. The van der Waals surface area contributed by atoms with Crippen molar-refractivity contribution in [1.29, 1.82) is 0 Å². The van der Waals surface area contributed by atoms with Gasteiger partial charge in [0, 0.05) is 0 Å². The number of hydrogen-bond donors (Lipinski definition) is 1. The number of piperidine rings is 1. The second-order valence-corrected chi connectivity index (χ2v) is 6.78. The summed E-state index contributed by atoms with van der Waals surface area (Å²) < 4.78 is 0. The number of nitrogens with one attached hydrogen (secondary N) is 1. The second kappa shape index (κ2) is 5.66. The van der Waals surface area contributed by atoms with Crippen LogP contribution in [0.1, 0.15) is 68.1 Å². The Labute approximate surface area is 117 Å². The lowest BCUT2D eigenvalue weighted by molar-refractivity contribution is 0.457. The van der Waals surface area contributed by atoms with E-state index in [4.69, 9.17) is 0 Å². The van der Waals surface area contributed by atoms with E-state index >= 15 is 0 Å². The van der Waals surface area contributed by atoms with Crippen molar-refractivity contribution in [2.45, 2.75) is 57.8 Å². The van der Waals surface area contributed by atoms with Crippen LogP contribution in [0.3, 0.4) is 0 Å². The first-order valence-electron chi connectivity index (χ1n) is 8.07. The minimum atomic E-state index is 0.653. The molecule has 0 aromatic heterocycles. The SMILES string of the molecule is CC(C)c1ccc(C2CCNCC2)c(CC2CC2)c1. The first kappa shape index (κ1) is 13.2. The lowest BCUT2D eigenvalue weighted by atomic mass is 9.84. The maximum Gasteiger partial charge on any atom is -0.00431 e. The van der Waals surface area contributed by atoms with E-state index in [2.05, 4.69) is 37.4 Å². The topological polar surface area (TPSA) is 12.0 Å². The number of hydrogen-bond acceptors (Lipinski definition) is 1. The molecule has 19 heavy (non-hydrogen) atoms. The molecule has 1 heteroatoms. The van der Waals surface area contributed by atoms with Gasteiger partial charge < -0.3 is 5.32 Å². The number of rotatable bonds is 4. The highest BCUT2D eigenvalue weighted by Crippen LogP contribution is 2.37. The molecule has 2 fully saturated rings. The molecule has 1 aromatic carbocycles. The second-order valence-electron chi connectivity index (χ2n) is 6.78. The van der Waals surface area contributed by atoms with Gasteiger partial charge in [-0.05, 0) is 79.6 Å². The van der Waals surface area contributed by atoms with Crippen LogP contribution in [0.5, 0.6) is 0 Å². The zero-order chi connectivity index (χ0) is 13.2. The molecule has 1 saturated heterocycles. The van der Waals surface area contributed by atoms with Gasteiger partial charge in [-0.2, -0.15) is 0 Å². The highest BCUT2D eigenvalue weighted by Gasteiger charge is 2.25. The summed E-state index contributed by atoms with van der Waals surface area (Å²) in [6, 6.07) is 7.34. The maximum absolute atomic E-state index is 3.49. The molecule has 1 aromatic rings. The third kappa shape index (κ3) is 3.20. The van der Waals surface area contributed by atoms with Crippen LogP contribution in [0.2, 0.25) is 0 Å². The average Bonchev–Trinajstić information content (AvgIpc) is 3.23. The molecule has 0 bridgehead atoms. The molecule has 0 radical (unpaired) electrons. The molecule has 1 aliphatic heterocycles. The minimum absolute atomic E-state index is 0.653. The van der Waals surface area contributed by atoms with Gasteiger partial charge in [-0.3, -0.25) is 0 Å². The third-order valence-corrected chi connectivity index (χ3v) is 4.82. The van der Waals surface area contributed by atoms with Gasteiger partial charge >= 0.3 is 0 Å². The van der Waals surface area contributed by atoms with E-state index < -0.39 is 0 Å². The summed E-state index contributed by atoms with van der Waals surface area (Å²) in [6.07, 6.45) is 6.88. The van der Waals surface area contributed by atoms with Gasteiger partial charge in [-0.1, -0.05) is 32.0 Å². The van der Waals surface area contributed by atoms with E-state index in [-0.39, 0.29) is 0 Å². The van der Waals surface area contributed by atoms with Crippen LogP contribution in [-0.4, -0.2) is 13.1 Å². The van der Waals surface area contributed by atoms with Crippen molar-refractivity contribution >= 4 is 0 Å². The van der Waals surface area contributed by atoms with Crippen LogP contribution >= 0.6 is 0 Å². The van der Waals surface area contributed by atoms with Crippen molar-refractivity contribution in [1.82, 2.24) is 5.32 Å². The summed E-state index contributed by atoms with van der Waals surface area (Å²) in [5.41, 5.74) is 4.85. The van der Waals surface area contributed by atoms with Gasteiger partial charge in [-0.15, -0.1) is 0 Å². The fourth-order valence-corrected chi connectivity index (χ4v) is 3.33. The Bertz CT molecular complexity index is 425. The molecule has 1 heterocycles. The highest BCUT2D eigenvalue weighted by molar-refractivity contribution is 5.37. The van der Waals surface area contributed by atoms with Crippen LogP contribution in [0.15, 0.2) is 18.2 Å². The standard InChI is InChI=1S/C18H27N/c1-13(2)16-5-6-18(15-7-9-19-10-8-15)17(12-16)11-14-3-4-14/h5-6,12-15,19H,3-4,7-11H2,1-2H3. The quantitative estimate of drug-likeness (QED) is 0.851. The van der Waals surface area contributed by atoms with E-state index in [0.29, 0.717) is 5.92 Å². The van der Waals surface area contributed by atoms with Crippen LogP contribution in [-0.2, 0) is 6.42 Å².